The van der Waals surface area contributed by atoms with Crippen LogP contribution in [0, 0.1) is 5.92 Å². The molecule has 0 radical (unpaired) electrons. The van der Waals surface area contributed by atoms with Gasteiger partial charge in [-0.1, -0.05) is 13.0 Å². The quantitative estimate of drug-likeness (QED) is 0.832. The molecule has 0 aromatic heterocycles. The van der Waals surface area contributed by atoms with Crippen molar-refractivity contribution in [3.63, 3.8) is 0 Å². The molecule has 1 unspecified atom stereocenters. The highest BCUT2D eigenvalue weighted by molar-refractivity contribution is 5.38. The van der Waals surface area contributed by atoms with Crippen molar-refractivity contribution in [1.82, 2.24) is 5.32 Å². The lowest BCUT2D eigenvalue weighted by Gasteiger charge is -2.18. The van der Waals surface area contributed by atoms with Crippen LogP contribution in [0.15, 0.2) is 18.2 Å². The van der Waals surface area contributed by atoms with Crippen LogP contribution in [0.4, 0.5) is 0 Å². The standard InChI is InChI=1S/C16H23NO/c1-2-17-16(13-6-7-13)11-18-15-9-8-12-4-3-5-14(12)10-15/h8-10,13,16-17H,2-7,11H2,1H3. The largest absolute Gasteiger partial charge is 0.492 e. The number of nitrogens with one attached hydrogen (secondary N) is 1. The lowest BCUT2D eigenvalue weighted by molar-refractivity contribution is 0.251. The third-order valence-corrected chi connectivity index (χ3v) is 4.16. The van der Waals surface area contributed by atoms with E-state index in [1.807, 2.05) is 0 Å². The molecular weight excluding hydrogens is 222 g/mol. The SMILES string of the molecule is CCNC(COc1ccc2c(c1)CCC2)C1CC1. The highest BCUT2D eigenvalue weighted by atomic mass is 16.5. The molecule has 0 spiro atoms. The van der Waals surface area contributed by atoms with E-state index < -0.39 is 0 Å². The second-order valence-electron chi connectivity index (χ2n) is 5.60. The van der Waals surface area contributed by atoms with E-state index in [9.17, 15) is 0 Å². The van der Waals surface area contributed by atoms with Gasteiger partial charge in [-0.3, -0.25) is 0 Å². The summed E-state index contributed by atoms with van der Waals surface area (Å²) in [4.78, 5) is 0. The van der Waals surface area contributed by atoms with Gasteiger partial charge in [-0.25, -0.2) is 0 Å². The summed E-state index contributed by atoms with van der Waals surface area (Å²) in [6.45, 7) is 4.02. The van der Waals surface area contributed by atoms with Gasteiger partial charge >= 0.3 is 0 Å². The summed E-state index contributed by atoms with van der Waals surface area (Å²) < 4.78 is 5.98. The Balaban J connectivity index is 1.58. The van der Waals surface area contributed by atoms with Crippen molar-refractivity contribution < 1.29 is 4.74 Å². The predicted octanol–water partition coefficient (Wildman–Crippen LogP) is 2.94. The fraction of sp³-hybridized carbons (Fsp3) is 0.625. The molecule has 0 amide bonds. The van der Waals surface area contributed by atoms with Crippen LogP contribution in [0.5, 0.6) is 5.75 Å². The van der Waals surface area contributed by atoms with Crippen LogP contribution in [-0.4, -0.2) is 19.2 Å². The third-order valence-electron chi connectivity index (χ3n) is 4.16. The number of likely N-dealkylation sites (N-methyl/N-ethyl adjacent to an activating group) is 1. The normalized spacial score (nSPS) is 19.6. The van der Waals surface area contributed by atoms with Gasteiger partial charge in [-0.05, 0) is 67.8 Å². The van der Waals surface area contributed by atoms with E-state index in [1.54, 1.807) is 0 Å². The second-order valence-corrected chi connectivity index (χ2v) is 5.60. The Kier molecular flexibility index (Phi) is 3.55. The Morgan fingerprint density at radius 2 is 2.11 bits per heavy atom. The Bertz CT molecular complexity index is 412. The molecular formula is C16H23NO. The first-order valence-electron chi connectivity index (χ1n) is 7.35. The molecule has 0 bridgehead atoms. The molecule has 1 aromatic carbocycles. The van der Waals surface area contributed by atoms with Gasteiger partial charge in [0.05, 0.1) is 0 Å². The van der Waals surface area contributed by atoms with Crippen molar-refractivity contribution in [2.45, 2.75) is 45.1 Å². The van der Waals surface area contributed by atoms with Crippen LogP contribution >= 0.6 is 0 Å². The topological polar surface area (TPSA) is 21.3 Å². The average molecular weight is 245 g/mol. The molecule has 1 N–H and O–H groups in total. The van der Waals surface area contributed by atoms with Crippen LogP contribution in [0.1, 0.15) is 37.3 Å². The molecule has 3 rings (SSSR count). The minimum atomic E-state index is 0.545. The summed E-state index contributed by atoms with van der Waals surface area (Å²) in [6.07, 6.45) is 6.51. The number of fused-ring (bicyclic) bond motifs is 1. The van der Waals surface area contributed by atoms with E-state index in [1.165, 1.54) is 43.2 Å². The zero-order chi connectivity index (χ0) is 12.4. The van der Waals surface area contributed by atoms with Gasteiger partial charge in [-0.2, -0.15) is 0 Å². The molecule has 1 saturated carbocycles. The molecule has 2 aliphatic rings. The van der Waals surface area contributed by atoms with Crippen molar-refractivity contribution in [3.8, 4) is 5.75 Å². The molecule has 0 heterocycles. The van der Waals surface area contributed by atoms with E-state index in [0.717, 1.165) is 24.8 Å². The number of rotatable bonds is 6. The highest BCUT2D eigenvalue weighted by Gasteiger charge is 2.31. The first-order chi connectivity index (χ1) is 8.86. The van der Waals surface area contributed by atoms with Crippen LogP contribution in [0.25, 0.3) is 0 Å². The van der Waals surface area contributed by atoms with E-state index >= 15 is 0 Å². The summed E-state index contributed by atoms with van der Waals surface area (Å²) in [5.74, 6) is 1.90. The van der Waals surface area contributed by atoms with E-state index in [2.05, 4.69) is 30.4 Å². The zero-order valence-electron chi connectivity index (χ0n) is 11.2. The van der Waals surface area contributed by atoms with Crippen molar-refractivity contribution in [2.75, 3.05) is 13.2 Å². The first-order valence-corrected chi connectivity index (χ1v) is 7.35. The van der Waals surface area contributed by atoms with Gasteiger partial charge in [0.25, 0.3) is 0 Å². The van der Waals surface area contributed by atoms with Crippen LogP contribution in [0.2, 0.25) is 0 Å². The van der Waals surface area contributed by atoms with Crippen molar-refractivity contribution in [2.24, 2.45) is 5.92 Å². The van der Waals surface area contributed by atoms with Gasteiger partial charge in [0.2, 0.25) is 0 Å². The number of hydrogen-bond donors (Lipinski definition) is 1. The maximum absolute atomic E-state index is 5.98. The summed E-state index contributed by atoms with van der Waals surface area (Å²) in [7, 11) is 0. The fourth-order valence-corrected chi connectivity index (χ4v) is 2.95. The molecule has 18 heavy (non-hydrogen) atoms. The zero-order valence-corrected chi connectivity index (χ0v) is 11.2. The van der Waals surface area contributed by atoms with Crippen LogP contribution in [-0.2, 0) is 12.8 Å². The Morgan fingerprint density at radius 1 is 1.28 bits per heavy atom. The number of hydrogen-bond acceptors (Lipinski definition) is 2. The van der Waals surface area contributed by atoms with Crippen LogP contribution in [0.3, 0.4) is 0 Å². The molecule has 0 saturated heterocycles. The average Bonchev–Trinajstić information content (AvgIpc) is 3.12. The molecule has 1 aromatic rings. The highest BCUT2D eigenvalue weighted by Crippen LogP contribution is 2.33. The van der Waals surface area contributed by atoms with Gasteiger partial charge in [-0.15, -0.1) is 0 Å². The van der Waals surface area contributed by atoms with Crippen molar-refractivity contribution in [1.29, 1.82) is 0 Å². The third kappa shape index (κ3) is 2.69. The lowest BCUT2D eigenvalue weighted by atomic mass is 10.1. The Hall–Kier alpha value is -1.02. The van der Waals surface area contributed by atoms with E-state index in [0.29, 0.717) is 6.04 Å². The molecule has 1 atom stereocenters. The molecule has 1 fully saturated rings. The second kappa shape index (κ2) is 5.31. The fourth-order valence-electron chi connectivity index (χ4n) is 2.95. The van der Waals surface area contributed by atoms with Crippen molar-refractivity contribution in [3.05, 3.63) is 29.3 Å². The lowest BCUT2D eigenvalue weighted by Crippen LogP contribution is -2.36. The maximum Gasteiger partial charge on any atom is 0.119 e. The minimum Gasteiger partial charge on any atom is -0.492 e. The van der Waals surface area contributed by atoms with Gasteiger partial charge < -0.3 is 10.1 Å². The summed E-state index contributed by atoms with van der Waals surface area (Å²) in [6, 6.07) is 7.18. The summed E-state index contributed by atoms with van der Waals surface area (Å²) in [5, 5.41) is 3.54. The van der Waals surface area contributed by atoms with E-state index in [-0.39, 0.29) is 0 Å². The predicted molar refractivity (Wildman–Crippen MR) is 74.2 cm³/mol. The smallest absolute Gasteiger partial charge is 0.119 e. The number of aryl methyl sites for hydroxylation is 2. The van der Waals surface area contributed by atoms with E-state index in [4.69, 9.17) is 4.74 Å². The van der Waals surface area contributed by atoms with Crippen LogP contribution < -0.4 is 10.1 Å². The Labute approximate surface area is 110 Å². The first kappa shape index (κ1) is 12.0. The van der Waals surface area contributed by atoms with Gasteiger partial charge in [0.15, 0.2) is 0 Å². The Morgan fingerprint density at radius 3 is 2.89 bits per heavy atom. The molecule has 2 nitrogen and oxygen atoms in total. The molecule has 98 valence electrons. The molecule has 0 aliphatic heterocycles. The van der Waals surface area contributed by atoms with Gasteiger partial charge in [0, 0.05) is 6.04 Å². The molecule has 2 aliphatic carbocycles. The molecule has 2 heteroatoms. The minimum absolute atomic E-state index is 0.545. The number of ether oxygens (including phenoxy) is 1. The van der Waals surface area contributed by atoms with Crippen molar-refractivity contribution >= 4 is 0 Å². The summed E-state index contributed by atoms with van der Waals surface area (Å²) in [5.41, 5.74) is 3.02. The monoisotopic (exact) mass is 245 g/mol. The maximum atomic E-state index is 5.98. The summed E-state index contributed by atoms with van der Waals surface area (Å²) >= 11 is 0. The van der Waals surface area contributed by atoms with Gasteiger partial charge in [0.1, 0.15) is 12.4 Å². The number of benzene rings is 1.